The molecular weight excluding hydrogens is 302 g/mol. The Labute approximate surface area is 146 Å². The van der Waals surface area contributed by atoms with Gasteiger partial charge in [-0.05, 0) is 57.9 Å². The van der Waals surface area contributed by atoms with E-state index in [9.17, 15) is 4.79 Å². The monoisotopic (exact) mass is 335 g/mol. The summed E-state index contributed by atoms with van der Waals surface area (Å²) in [7, 11) is 0. The van der Waals surface area contributed by atoms with Gasteiger partial charge in [0.25, 0.3) is 5.91 Å². The number of benzene rings is 1. The van der Waals surface area contributed by atoms with Crippen LogP contribution < -0.4 is 10.1 Å². The quantitative estimate of drug-likeness (QED) is 0.567. The van der Waals surface area contributed by atoms with E-state index in [1.807, 2.05) is 45.0 Å². The van der Waals surface area contributed by atoms with Gasteiger partial charge in [-0.2, -0.15) is 0 Å². The number of carbonyl (C=O) groups excluding carboxylic acids is 1. The van der Waals surface area contributed by atoms with Crippen LogP contribution in [0, 0.1) is 0 Å². The van der Waals surface area contributed by atoms with E-state index in [1.165, 1.54) is 0 Å². The molecule has 2 atom stereocenters. The summed E-state index contributed by atoms with van der Waals surface area (Å²) in [6.07, 6.45) is 5.10. The molecule has 0 fully saturated rings. The summed E-state index contributed by atoms with van der Waals surface area (Å²) in [6.45, 7) is 10.6. The van der Waals surface area contributed by atoms with Crippen molar-refractivity contribution in [2.75, 3.05) is 11.9 Å². The fourth-order valence-electron chi connectivity index (χ4n) is 2.48. The predicted octanol–water partition coefficient (Wildman–Crippen LogP) is 5.18. The highest BCUT2D eigenvalue weighted by molar-refractivity contribution is 5.97. The largest absolute Gasteiger partial charge is 0.491 e. The fraction of sp³-hybridized carbons (Fsp3) is 0.650. The number of amides is 1. The van der Waals surface area contributed by atoms with Gasteiger partial charge in [0.15, 0.2) is 0 Å². The molecule has 0 unspecified atom stereocenters. The molecule has 0 spiro atoms. The van der Waals surface area contributed by atoms with E-state index in [2.05, 4.69) is 19.2 Å². The topological polar surface area (TPSA) is 47.6 Å². The lowest BCUT2D eigenvalue weighted by Gasteiger charge is -2.28. The first kappa shape index (κ1) is 20.5. The minimum absolute atomic E-state index is 0.0870. The van der Waals surface area contributed by atoms with E-state index in [0.29, 0.717) is 6.61 Å². The number of unbranched alkanes of at least 4 members (excludes halogenated alkanes) is 2. The third kappa shape index (κ3) is 6.52. The van der Waals surface area contributed by atoms with Crippen LogP contribution in [0.25, 0.3) is 0 Å². The zero-order chi connectivity index (χ0) is 18.0. The van der Waals surface area contributed by atoms with Crippen LogP contribution in [0.15, 0.2) is 24.3 Å². The Morgan fingerprint density at radius 2 is 1.83 bits per heavy atom. The van der Waals surface area contributed by atoms with Crippen molar-refractivity contribution < 1.29 is 14.3 Å². The van der Waals surface area contributed by atoms with Gasteiger partial charge in [-0.25, -0.2) is 0 Å². The second-order valence-corrected chi connectivity index (χ2v) is 6.44. The summed E-state index contributed by atoms with van der Waals surface area (Å²) in [5.41, 5.74) is -0.0200. The standard InChI is InChI=1S/C20H33NO3/c1-6-9-10-15-20(5,23-8-3)19(22)21-17-11-13-18(14-12-17)24-16(4)7-2/h11-14,16H,6-10,15H2,1-5H3,(H,21,22)/t16-,20+/m0/s1. The van der Waals surface area contributed by atoms with Gasteiger partial charge in [0.1, 0.15) is 11.4 Å². The van der Waals surface area contributed by atoms with Crippen LogP contribution in [-0.2, 0) is 9.53 Å². The van der Waals surface area contributed by atoms with Gasteiger partial charge in [-0.1, -0.05) is 33.1 Å². The molecule has 1 amide bonds. The van der Waals surface area contributed by atoms with Crippen molar-refractivity contribution >= 4 is 11.6 Å². The van der Waals surface area contributed by atoms with E-state index >= 15 is 0 Å². The van der Waals surface area contributed by atoms with E-state index in [4.69, 9.17) is 9.47 Å². The van der Waals surface area contributed by atoms with Crippen molar-refractivity contribution in [1.29, 1.82) is 0 Å². The second-order valence-electron chi connectivity index (χ2n) is 6.44. The minimum atomic E-state index is -0.782. The van der Waals surface area contributed by atoms with E-state index in [1.54, 1.807) is 0 Å². The number of rotatable bonds is 11. The van der Waals surface area contributed by atoms with Gasteiger partial charge >= 0.3 is 0 Å². The number of hydrogen-bond donors (Lipinski definition) is 1. The smallest absolute Gasteiger partial charge is 0.256 e. The molecule has 0 aliphatic heterocycles. The summed E-state index contributed by atoms with van der Waals surface area (Å²) < 4.78 is 11.5. The normalized spacial score (nSPS) is 14.7. The van der Waals surface area contributed by atoms with Gasteiger partial charge < -0.3 is 14.8 Å². The van der Waals surface area contributed by atoms with E-state index in [-0.39, 0.29) is 12.0 Å². The first-order valence-corrected chi connectivity index (χ1v) is 9.17. The maximum atomic E-state index is 12.7. The van der Waals surface area contributed by atoms with Gasteiger partial charge in [0, 0.05) is 12.3 Å². The molecule has 0 aromatic heterocycles. The average molecular weight is 335 g/mol. The molecule has 0 aliphatic rings. The maximum absolute atomic E-state index is 12.7. The summed E-state index contributed by atoms with van der Waals surface area (Å²) >= 11 is 0. The van der Waals surface area contributed by atoms with Crippen LogP contribution >= 0.6 is 0 Å². The Hall–Kier alpha value is -1.55. The van der Waals surface area contributed by atoms with Crippen LogP contribution in [0.1, 0.15) is 66.7 Å². The average Bonchev–Trinajstić information content (AvgIpc) is 2.57. The molecule has 1 rings (SSSR count). The van der Waals surface area contributed by atoms with Crippen molar-refractivity contribution in [1.82, 2.24) is 0 Å². The SMILES string of the molecule is CCCCC[C@@](C)(OCC)C(=O)Nc1ccc(O[C@@H](C)CC)cc1. The lowest BCUT2D eigenvalue weighted by Crippen LogP contribution is -2.42. The Morgan fingerprint density at radius 1 is 1.17 bits per heavy atom. The minimum Gasteiger partial charge on any atom is -0.491 e. The summed E-state index contributed by atoms with van der Waals surface area (Å²) in [4.78, 5) is 12.7. The van der Waals surface area contributed by atoms with Gasteiger partial charge in [0.05, 0.1) is 6.10 Å². The summed E-state index contributed by atoms with van der Waals surface area (Å²) in [5.74, 6) is 0.730. The third-order valence-electron chi connectivity index (χ3n) is 4.22. The first-order valence-electron chi connectivity index (χ1n) is 9.17. The Bertz CT molecular complexity index is 486. The lowest BCUT2D eigenvalue weighted by atomic mass is 9.96. The van der Waals surface area contributed by atoms with Crippen LogP contribution in [0.2, 0.25) is 0 Å². The highest BCUT2D eigenvalue weighted by Crippen LogP contribution is 2.23. The van der Waals surface area contributed by atoms with E-state index < -0.39 is 5.60 Å². The van der Waals surface area contributed by atoms with Gasteiger partial charge in [-0.3, -0.25) is 4.79 Å². The van der Waals surface area contributed by atoms with Crippen LogP contribution in [-0.4, -0.2) is 24.2 Å². The number of nitrogens with one attached hydrogen (secondary N) is 1. The molecule has 0 saturated carbocycles. The lowest BCUT2D eigenvalue weighted by molar-refractivity contribution is -0.139. The number of ether oxygens (including phenoxy) is 2. The highest BCUT2D eigenvalue weighted by atomic mass is 16.5. The molecule has 0 bridgehead atoms. The van der Waals surface area contributed by atoms with Crippen molar-refractivity contribution in [2.24, 2.45) is 0 Å². The second kappa shape index (κ2) is 10.3. The van der Waals surface area contributed by atoms with Crippen molar-refractivity contribution in [3.8, 4) is 5.75 Å². The van der Waals surface area contributed by atoms with Gasteiger partial charge in [-0.15, -0.1) is 0 Å². The number of hydrogen-bond acceptors (Lipinski definition) is 3. The molecule has 0 heterocycles. The number of carbonyl (C=O) groups is 1. The van der Waals surface area contributed by atoms with Crippen molar-refractivity contribution in [3.05, 3.63) is 24.3 Å². The van der Waals surface area contributed by atoms with Crippen LogP contribution in [0.4, 0.5) is 5.69 Å². The zero-order valence-electron chi connectivity index (χ0n) is 15.9. The van der Waals surface area contributed by atoms with Gasteiger partial charge in [0.2, 0.25) is 0 Å². The van der Waals surface area contributed by atoms with Crippen molar-refractivity contribution in [3.63, 3.8) is 0 Å². The molecule has 1 aromatic rings. The summed E-state index contributed by atoms with van der Waals surface area (Å²) in [6, 6.07) is 7.51. The Balaban J connectivity index is 2.69. The predicted molar refractivity (Wildman–Crippen MR) is 99.6 cm³/mol. The number of anilines is 1. The third-order valence-corrected chi connectivity index (χ3v) is 4.22. The summed E-state index contributed by atoms with van der Waals surface area (Å²) in [5, 5.41) is 2.97. The fourth-order valence-corrected chi connectivity index (χ4v) is 2.48. The molecule has 4 nitrogen and oxygen atoms in total. The molecule has 1 N–H and O–H groups in total. The molecule has 24 heavy (non-hydrogen) atoms. The molecule has 136 valence electrons. The first-order chi connectivity index (χ1) is 11.4. The molecule has 4 heteroatoms. The van der Waals surface area contributed by atoms with Crippen LogP contribution in [0.3, 0.4) is 0 Å². The molecule has 0 radical (unpaired) electrons. The molecular formula is C20H33NO3. The maximum Gasteiger partial charge on any atom is 0.256 e. The van der Waals surface area contributed by atoms with Crippen LogP contribution in [0.5, 0.6) is 5.75 Å². The van der Waals surface area contributed by atoms with E-state index in [0.717, 1.165) is 43.5 Å². The molecule has 1 aromatic carbocycles. The Morgan fingerprint density at radius 3 is 2.38 bits per heavy atom. The van der Waals surface area contributed by atoms with Crippen molar-refractivity contribution in [2.45, 2.75) is 78.4 Å². The molecule has 0 saturated heterocycles. The zero-order valence-corrected chi connectivity index (χ0v) is 15.9. The highest BCUT2D eigenvalue weighted by Gasteiger charge is 2.33. The Kier molecular flexibility index (Phi) is 8.83. The molecule has 0 aliphatic carbocycles.